The number of nitrogens with zero attached hydrogens (tertiary/aromatic N) is 2. The van der Waals surface area contributed by atoms with E-state index in [1.165, 1.54) is 9.75 Å². The molecule has 1 N–H and O–H groups in total. The number of aromatic nitrogens is 2. The molecule has 0 aliphatic heterocycles. The lowest BCUT2D eigenvalue weighted by atomic mass is 10.3. The van der Waals surface area contributed by atoms with Gasteiger partial charge in [-0.25, -0.2) is 4.98 Å². The minimum absolute atomic E-state index is 0.106. The fourth-order valence-corrected chi connectivity index (χ4v) is 2.74. The summed E-state index contributed by atoms with van der Waals surface area (Å²) in [6.45, 7) is 10.1. The van der Waals surface area contributed by atoms with Crippen LogP contribution in [-0.2, 0) is 0 Å². The number of thiophene rings is 1. The first kappa shape index (κ1) is 14.8. The third kappa shape index (κ3) is 3.93. The maximum Gasteiger partial charge on any atom is 0.226 e. The Balaban J connectivity index is 2.14. The van der Waals surface area contributed by atoms with E-state index in [1.807, 2.05) is 26.8 Å². The van der Waals surface area contributed by atoms with Gasteiger partial charge in [0.05, 0.1) is 12.1 Å². The van der Waals surface area contributed by atoms with Crippen LogP contribution in [0.5, 0.6) is 5.88 Å². The summed E-state index contributed by atoms with van der Waals surface area (Å²) in [5, 5.41) is 3.33. The normalized spacial score (nSPS) is 12.5. The summed E-state index contributed by atoms with van der Waals surface area (Å²) in [6, 6.07) is 6.30. The van der Waals surface area contributed by atoms with Crippen LogP contribution in [0.1, 0.15) is 42.3 Å². The predicted octanol–water partition coefficient (Wildman–Crippen LogP) is 4.12. The van der Waals surface area contributed by atoms with Gasteiger partial charge in [0, 0.05) is 21.5 Å². The molecule has 0 fully saturated rings. The molecule has 108 valence electrons. The molecule has 1 unspecified atom stereocenters. The molecule has 0 radical (unpaired) electrons. The molecule has 20 heavy (non-hydrogen) atoms. The molecule has 0 aliphatic rings. The number of hydrogen-bond donors (Lipinski definition) is 1. The summed E-state index contributed by atoms with van der Waals surface area (Å²) >= 11 is 1.78. The summed E-state index contributed by atoms with van der Waals surface area (Å²) in [5.74, 6) is 1.23. The third-order valence-electron chi connectivity index (χ3n) is 2.72. The van der Waals surface area contributed by atoms with Crippen molar-refractivity contribution >= 4 is 17.3 Å². The van der Waals surface area contributed by atoms with Crippen molar-refractivity contribution < 1.29 is 4.74 Å². The second-order valence-corrected chi connectivity index (χ2v) is 6.47. The van der Waals surface area contributed by atoms with Crippen LogP contribution in [-0.4, -0.2) is 16.1 Å². The summed E-state index contributed by atoms with van der Waals surface area (Å²) in [5.41, 5.74) is 0.896. The van der Waals surface area contributed by atoms with Crippen LogP contribution in [0.15, 0.2) is 18.2 Å². The molecule has 5 heteroatoms. The standard InChI is InChI=1S/C15H21N3OS/c1-9(2)19-14-8-10(3)16-15(18-14)17-12(5)13-7-6-11(4)20-13/h6-9,12H,1-5H3,(H,16,17,18). The number of anilines is 1. The molecule has 0 spiro atoms. The summed E-state index contributed by atoms with van der Waals surface area (Å²) in [4.78, 5) is 11.4. The van der Waals surface area contributed by atoms with Gasteiger partial charge >= 0.3 is 0 Å². The monoisotopic (exact) mass is 291 g/mol. The van der Waals surface area contributed by atoms with Crippen molar-refractivity contribution in [1.29, 1.82) is 0 Å². The fourth-order valence-electron chi connectivity index (χ4n) is 1.86. The fraction of sp³-hybridized carbons (Fsp3) is 0.467. The van der Waals surface area contributed by atoms with Gasteiger partial charge in [-0.15, -0.1) is 11.3 Å². The Kier molecular flexibility index (Phi) is 4.60. The van der Waals surface area contributed by atoms with E-state index in [9.17, 15) is 0 Å². The van der Waals surface area contributed by atoms with Gasteiger partial charge in [-0.3, -0.25) is 0 Å². The van der Waals surface area contributed by atoms with Gasteiger partial charge in [-0.1, -0.05) is 0 Å². The molecule has 0 aromatic carbocycles. The first-order valence-electron chi connectivity index (χ1n) is 6.79. The lowest BCUT2D eigenvalue weighted by Gasteiger charge is -2.14. The number of nitrogens with one attached hydrogen (secondary N) is 1. The molecule has 0 aliphatic carbocycles. The highest BCUT2D eigenvalue weighted by atomic mass is 32.1. The highest BCUT2D eigenvalue weighted by molar-refractivity contribution is 7.12. The minimum Gasteiger partial charge on any atom is -0.475 e. The Morgan fingerprint density at radius 3 is 2.50 bits per heavy atom. The van der Waals surface area contributed by atoms with E-state index in [0.717, 1.165) is 5.69 Å². The van der Waals surface area contributed by atoms with Crippen LogP contribution in [0, 0.1) is 13.8 Å². The van der Waals surface area contributed by atoms with Crippen molar-refractivity contribution in [3.05, 3.63) is 33.6 Å². The van der Waals surface area contributed by atoms with Crippen LogP contribution in [0.4, 0.5) is 5.95 Å². The zero-order valence-corrected chi connectivity index (χ0v) is 13.4. The van der Waals surface area contributed by atoms with Crippen LogP contribution >= 0.6 is 11.3 Å². The maximum atomic E-state index is 5.64. The molecule has 2 aromatic rings. The largest absolute Gasteiger partial charge is 0.475 e. The lowest BCUT2D eigenvalue weighted by Crippen LogP contribution is -2.12. The molecule has 0 bridgehead atoms. The first-order valence-corrected chi connectivity index (χ1v) is 7.61. The zero-order valence-electron chi connectivity index (χ0n) is 12.6. The van der Waals surface area contributed by atoms with Crippen molar-refractivity contribution in [1.82, 2.24) is 9.97 Å². The van der Waals surface area contributed by atoms with Gasteiger partial charge in [0.25, 0.3) is 0 Å². The van der Waals surface area contributed by atoms with Crippen molar-refractivity contribution in [2.75, 3.05) is 5.32 Å². The third-order valence-corrected chi connectivity index (χ3v) is 3.90. The molecular formula is C15H21N3OS. The molecule has 4 nitrogen and oxygen atoms in total. The van der Waals surface area contributed by atoms with Crippen molar-refractivity contribution in [2.24, 2.45) is 0 Å². The average Bonchev–Trinajstić information content (AvgIpc) is 2.74. The number of aryl methyl sites for hydroxylation is 2. The van der Waals surface area contributed by atoms with Gasteiger partial charge in [-0.2, -0.15) is 4.98 Å². The molecule has 2 heterocycles. The summed E-state index contributed by atoms with van der Waals surface area (Å²) in [6.07, 6.45) is 0.106. The van der Waals surface area contributed by atoms with E-state index in [2.05, 4.69) is 41.3 Å². The van der Waals surface area contributed by atoms with Gasteiger partial charge in [0.15, 0.2) is 0 Å². The second-order valence-electron chi connectivity index (χ2n) is 5.15. The van der Waals surface area contributed by atoms with Gasteiger partial charge in [0.2, 0.25) is 11.8 Å². The van der Waals surface area contributed by atoms with E-state index in [1.54, 1.807) is 11.3 Å². The topological polar surface area (TPSA) is 47.0 Å². The zero-order chi connectivity index (χ0) is 14.7. The minimum atomic E-state index is 0.106. The number of hydrogen-bond acceptors (Lipinski definition) is 5. The van der Waals surface area contributed by atoms with Gasteiger partial charge in [0.1, 0.15) is 0 Å². The van der Waals surface area contributed by atoms with Gasteiger partial charge < -0.3 is 10.1 Å². The van der Waals surface area contributed by atoms with E-state index in [4.69, 9.17) is 4.74 Å². The highest BCUT2D eigenvalue weighted by Gasteiger charge is 2.11. The maximum absolute atomic E-state index is 5.64. The average molecular weight is 291 g/mol. The second kappa shape index (κ2) is 6.22. The summed E-state index contributed by atoms with van der Waals surface area (Å²) in [7, 11) is 0. The Morgan fingerprint density at radius 1 is 1.15 bits per heavy atom. The van der Waals surface area contributed by atoms with Crippen molar-refractivity contribution in [3.63, 3.8) is 0 Å². The molecule has 2 aromatic heterocycles. The lowest BCUT2D eigenvalue weighted by molar-refractivity contribution is 0.232. The van der Waals surface area contributed by atoms with Crippen LogP contribution in [0.2, 0.25) is 0 Å². The van der Waals surface area contributed by atoms with E-state index in [0.29, 0.717) is 11.8 Å². The van der Waals surface area contributed by atoms with E-state index in [-0.39, 0.29) is 12.1 Å². The van der Waals surface area contributed by atoms with Crippen LogP contribution in [0.25, 0.3) is 0 Å². The molecule has 0 saturated heterocycles. The molecule has 1 atom stereocenters. The molecule has 2 rings (SSSR count). The van der Waals surface area contributed by atoms with Crippen molar-refractivity contribution in [2.45, 2.75) is 46.8 Å². The molecule has 0 amide bonds. The highest BCUT2D eigenvalue weighted by Crippen LogP contribution is 2.25. The predicted molar refractivity (Wildman–Crippen MR) is 83.6 cm³/mol. The SMILES string of the molecule is Cc1cc(OC(C)C)nc(NC(C)c2ccc(C)s2)n1. The quantitative estimate of drug-likeness (QED) is 0.900. The van der Waals surface area contributed by atoms with Crippen LogP contribution < -0.4 is 10.1 Å². The van der Waals surface area contributed by atoms with E-state index < -0.39 is 0 Å². The van der Waals surface area contributed by atoms with Crippen LogP contribution in [0.3, 0.4) is 0 Å². The smallest absolute Gasteiger partial charge is 0.226 e. The molecule has 0 saturated carbocycles. The number of rotatable bonds is 5. The van der Waals surface area contributed by atoms with E-state index >= 15 is 0 Å². The Hall–Kier alpha value is -1.62. The number of ether oxygens (including phenoxy) is 1. The van der Waals surface area contributed by atoms with Crippen molar-refractivity contribution in [3.8, 4) is 5.88 Å². The Bertz CT molecular complexity index is 580. The Morgan fingerprint density at radius 2 is 1.90 bits per heavy atom. The first-order chi connectivity index (χ1) is 9.44. The summed E-state index contributed by atoms with van der Waals surface area (Å²) < 4.78 is 5.64. The van der Waals surface area contributed by atoms with Gasteiger partial charge in [-0.05, 0) is 46.8 Å². The molecular weight excluding hydrogens is 270 g/mol. The Labute approximate surface area is 124 Å².